The number of carbonyl (C=O) groups excluding carboxylic acids is 1. The summed E-state index contributed by atoms with van der Waals surface area (Å²) in [4.78, 5) is 10.8. The van der Waals surface area contributed by atoms with Crippen molar-refractivity contribution in [3.8, 4) is 0 Å². The number of benzene rings is 1. The maximum absolute atomic E-state index is 10.8. The summed E-state index contributed by atoms with van der Waals surface area (Å²) in [5, 5.41) is -0.0530. The van der Waals surface area contributed by atoms with Crippen molar-refractivity contribution in [1.29, 1.82) is 0 Å². The van der Waals surface area contributed by atoms with E-state index in [-0.39, 0.29) is 11.0 Å². The third-order valence-electron chi connectivity index (χ3n) is 2.02. The molecule has 0 saturated carbocycles. The van der Waals surface area contributed by atoms with Crippen LogP contribution in [0.2, 0.25) is 0 Å². The first-order chi connectivity index (χ1) is 6.70. The van der Waals surface area contributed by atoms with E-state index in [1.165, 1.54) is 0 Å². The first kappa shape index (κ1) is 11.1. The average molecular weight is 206 g/mol. The summed E-state index contributed by atoms with van der Waals surface area (Å²) >= 11 is 3.78. The fourth-order valence-corrected chi connectivity index (χ4v) is 1.18. The van der Waals surface area contributed by atoms with E-state index >= 15 is 0 Å². The Kier molecular flexibility index (Phi) is 4.47. The maximum atomic E-state index is 10.8. The van der Waals surface area contributed by atoms with Crippen LogP contribution in [0.5, 0.6) is 0 Å². The summed E-state index contributed by atoms with van der Waals surface area (Å²) in [6.07, 6.45) is 4.78. The molecule has 14 heavy (non-hydrogen) atoms. The number of rotatable bonds is 4. The summed E-state index contributed by atoms with van der Waals surface area (Å²) in [5.74, 6) is -0.00158. The molecule has 1 rings (SSSR count). The van der Waals surface area contributed by atoms with Gasteiger partial charge in [-0.3, -0.25) is 4.79 Å². The van der Waals surface area contributed by atoms with Crippen LogP contribution >= 0.6 is 12.6 Å². The molecular weight excluding hydrogens is 192 g/mol. The van der Waals surface area contributed by atoms with Crippen LogP contribution in [0.3, 0.4) is 0 Å². The van der Waals surface area contributed by atoms with Crippen molar-refractivity contribution in [2.45, 2.75) is 13.3 Å². The van der Waals surface area contributed by atoms with Gasteiger partial charge in [0.1, 0.15) is 0 Å². The average Bonchev–Trinajstić information content (AvgIpc) is 2.19. The molecule has 0 N–H and O–H groups in total. The molecule has 0 aromatic heterocycles. The van der Waals surface area contributed by atoms with Crippen molar-refractivity contribution < 1.29 is 4.79 Å². The Morgan fingerprint density at radius 2 is 2.07 bits per heavy atom. The summed E-state index contributed by atoms with van der Waals surface area (Å²) in [5.41, 5.74) is 1.16. The highest BCUT2D eigenvalue weighted by atomic mass is 32.1. The van der Waals surface area contributed by atoms with Crippen molar-refractivity contribution in [3.63, 3.8) is 0 Å². The summed E-state index contributed by atoms with van der Waals surface area (Å²) in [6.45, 7) is 1.88. The van der Waals surface area contributed by atoms with Crippen LogP contribution in [0, 0.1) is 5.92 Å². The number of hydrogen-bond donors (Lipinski definition) is 1. The van der Waals surface area contributed by atoms with E-state index in [9.17, 15) is 4.79 Å². The van der Waals surface area contributed by atoms with E-state index < -0.39 is 0 Å². The Labute approximate surface area is 90.2 Å². The molecule has 1 aromatic carbocycles. The van der Waals surface area contributed by atoms with E-state index in [1.807, 2.05) is 49.4 Å². The second-order valence-electron chi connectivity index (χ2n) is 3.29. The van der Waals surface area contributed by atoms with Gasteiger partial charge in [-0.25, -0.2) is 0 Å². The molecule has 0 saturated heterocycles. The molecule has 74 valence electrons. The van der Waals surface area contributed by atoms with Gasteiger partial charge < -0.3 is 0 Å². The quantitative estimate of drug-likeness (QED) is 0.749. The summed E-state index contributed by atoms with van der Waals surface area (Å²) < 4.78 is 0. The standard InChI is InChI=1S/C12H14OS/c1-10(12(13)14)6-5-9-11-7-3-2-4-8-11/h2-5,7-10H,6H2,1H3,(H,13,14). The van der Waals surface area contributed by atoms with E-state index in [2.05, 4.69) is 12.6 Å². The molecule has 0 aliphatic rings. The molecule has 1 nitrogen and oxygen atoms in total. The fraction of sp³-hybridized carbons (Fsp3) is 0.250. The van der Waals surface area contributed by atoms with Crippen molar-refractivity contribution in [3.05, 3.63) is 42.0 Å². The fourth-order valence-electron chi connectivity index (χ4n) is 1.07. The first-order valence-corrected chi connectivity index (χ1v) is 5.09. The van der Waals surface area contributed by atoms with Crippen LogP contribution in [-0.4, -0.2) is 5.12 Å². The zero-order chi connectivity index (χ0) is 10.4. The number of carbonyl (C=O) groups is 1. The molecule has 2 heteroatoms. The minimum Gasteiger partial charge on any atom is -0.287 e. The second-order valence-corrected chi connectivity index (χ2v) is 3.73. The second kappa shape index (κ2) is 5.66. The van der Waals surface area contributed by atoms with Gasteiger partial charge in [-0.15, -0.1) is 12.6 Å². The van der Waals surface area contributed by atoms with E-state index in [0.29, 0.717) is 0 Å². The van der Waals surface area contributed by atoms with Crippen LogP contribution in [0.1, 0.15) is 18.9 Å². The molecule has 0 amide bonds. The lowest BCUT2D eigenvalue weighted by Gasteiger charge is -2.00. The number of allylic oxidation sites excluding steroid dienone is 1. The minimum atomic E-state index is -0.0530. The predicted molar refractivity (Wildman–Crippen MR) is 63.3 cm³/mol. The molecule has 0 spiro atoms. The van der Waals surface area contributed by atoms with Crippen molar-refractivity contribution >= 4 is 23.8 Å². The molecule has 1 atom stereocenters. The summed E-state index contributed by atoms with van der Waals surface area (Å²) in [7, 11) is 0. The van der Waals surface area contributed by atoms with Gasteiger partial charge in [0.2, 0.25) is 0 Å². The number of thiol groups is 1. The van der Waals surface area contributed by atoms with Gasteiger partial charge in [0.25, 0.3) is 0 Å². The SMILES string of the molecule is CC(CC=Cc1ccccc1)C(=O)S. The largest absolute Gasteiger partial charge is 0.287 e. The van der Waals surface area contributed by atoms with E-state index in [4.69, 9.17) is 0 Å². The van der Waals surface area contributed by atoms with Crippen molar-refractivity contribution in [1.82, 2.24) is 0 Å². The Hall–Kier alpha value is -1.02. The zero-order valence-corrected chi connectivity index (χ0v) is 9.08. The highest BCUT2D eigenvalue weighted by Crippen LogP contribution is 2.09. The molecule has 0 aliphatic heterocycles. The van der Waals surface area contributed by atoms with Gasteiger partial charge in [-0.1, -0.05) is 49.4 Å². The summed E-state index contributed by atoms with van der Waals surface area (Å²) in [6, 6.07) is 10.0. The van der Waals surface area contributed by atoms with Gasteiger partial charge >= 0.3 is 0 Å². The van der Waals surface area contributed by atoms with Gasteiger partial charge in [0.05, 0.1) is 0 Å². The zero-order valence-electron chi connectivity index (χ0n) is 8.18. The normalized spacial score (nSPS) is 13.0. The first-order valence-electron chi connectivity index (χ1n) is 4.64. The Balaban J connectivity index is 2.46. The van der Waals surface area contributed by atoms with Crippen LogP contribution in [0.4, 0.5) is 0 Å². The highest BCUT2D eigenvalue weighted by Gasteiger charge is 2.04. The van der Waals surface area contributed by atoms with Crippen LogP contribution < -0.4 is 0 Å². The maximum Gasteiger partial charge on any atom is 0.189 e. The van der Waals surface area contributed by atoms with Crippen LogP contribution in [0.15, 0.2) is 36.4 Å². The third-order valence-corrected chi connectivity index (χ3v) is 2.46. The molecule has 0 heterocycles. The molecule has 0 fully saturated rings. The lowest BCUT2D eigenvalue weighted by Crippen LogP contribution is -2.01. The lowest BCUT2D eigenvalue weighted by atomic mass is 10.1. The topological polar surface area (TPSA) is 17.1 Å². The van der Waals surface area contributed by atoms with Crippen molar-refractivity contribution in [2.75, 3.05) is 0 Å². The molecule has 0 aliphatic carbocycles. The van der Waals surface area contributed by atoms with Crippen LogP contribution in [-0.2, 0) is 4.79 Å². The third kappa shape index (κ3) is 3.79. The highest BCUT2D eigenvalue weighted by molar-refractivity contribution is 7.96. The van der Waals surface area contributed by atoms with Gasteiger partial charge in [-0.2, -0.15) is 0 Å². The monoisotopic (exact) mass is 206 g/mol. The Morgan fingerprint density at radius 3 is 2.64 bits per heavy atom. The molecule has 1 unspecified atom stereocenters. The van der Waals surface area contributed by atoms with Gasteiger partial charge in [0.15, 0.2) is 5.12 Å². The molecule has 1 aromatic rings. The molecular formula is C12H14OS. The smallest absolute Gasteiger partial charge is 0.189 e. The predicted octanol–water partition coefficient (Wildman–Crippen LogP) is 3.18. The number of hydrogen-bond acceptors (Lipinski definition) is 1. The van der Waals surface area contributed by atoms with Gasteiger partial charge in [-0.05, 0) is 12.0 Å². The van der Waals surface area contributed by atoms with E-state index in [0.717, 1.165) is 12.0 Å². The van der Waals surface area contributed by atoms with Crippen molar-refractivity contribution in [2.24, 2.45) is 5.92 Å². The molecule has 0 radical (unpaired) electrons. The Bertz CT molecular complexity index is 316. The van der Waals surface area contributed by atoms with Gasteiger partial charge in [0, 0.05) is 5.92 Å². The van der Waals surface area contributed by atoms with Crippen LogP contribution in [0.25, 0.3) is 6.08 Å². The minimum absolute atomic E-state index is 0.00158. The lowest BCUT2D eigenvalue weighted by molar-refractivity contribution is -0.113. The van der Waals surface area contributed by atoms with E-state index in [1.54, 1.807) is 0 Å². The Morgan fingerprint density at radius 1 is 1.43 bits per heavy atom. The molecule has 0 bridgehead atoms.